The molecule has 3 aromatic rings. The minimum Gasteiger partial charge on any atom is -0.378 e. The second kappa shape index (κ2) is 7.72. The zero-order chi connectivity index (χ0) is 17.8. The lowest BCUT2D eigenvalue weighted by molar-refractivity contribution is 0.122. The molecule has 1 saturated heterocycles. The SMILES string of the molecule is Clc1cccc(Nc2cc(-c3ccccc3)nc(N3CCOCC3)n2)c1. The van der Waals surface area contributed by atoms with Gasteiger partial charge in [-0.2, -0.15) is 4.98 Å². The van der Waals surface area contributed by atoms with Crippen LogP contribution in [0.1, 0.15) is 0 Å². The summed E-state index contributed by atoms with van der Waals surface area (Å²) in [4.78, 5) is 11.6. The summed E-state index contributed by atoms with van der Waals surface area (Å²) in [6, 6.07) is 19.7. The first-order chi connectivity index (χ1) is 12.8. The Kier molecular flexibility index (Phi) is 5.00. The van der Waals surface area contributed by atoms with Gasteiger partial charge < -0.3 is 15.0 Å². The molecule has 1 fully saturated rings. The number of hydrogen-bond donors (Lipinski definition) is 1. The van der Waals surface area contributed by atoms with Crippen LogP contribution in [-0.2, 0) is 4.74 Å². The van der Waals surface area contributed by atoms with Crippen LogP contribution in [0.5, 0.6) is 0 Å². The molecule has 0 saturated carbocycles. The van der Waals surface area contributed by atoms with E-state index in [4.69, 9.17) is 26.3 Å². The highest BCUT2D eigenvalue weighted by Crippen LogP contribution is 2.26. The number of anilines is 3. The Morgan fingerprint density at radius 2 is 1.73 bits per heavy atom. The molecule has 1 aliphatic rings. The van der Waals surface area contributed by atoms with E-state index in [9.17, 15) is 0 Å². The van der Waals surface area contributed by atoms with Crippen LogP contribution in [-0.4, -0.2) is 36.3 Å². The number of hydrogen-bond acceptors (Lipinski definition) is 5. The number of benzene rings is 2. The fourth-order valence-electron chi connectivity index (χ4n) is 2.87. The molecular weight excluding hydrogens is 348 g/mol. The predicted molar refractivity (Wildman–Crippen MR) is 105 cm³/mol. The first kappa shape index (κ1) is 16.8. The number of morpholine rings is 1. The van der Waals surface area contributed by atoms with Crippen LogP contribution in [0.2, 0.25) is 5.02 Å². The second-order valence-corrected chi connectivity index (χ2v) is 6.48. The zero-order valence-corrected chi connectivity index (χ0v) is 15.0. The molecule has 0 aliphatic carbocycles. The van der Waals surface area contributed by atoms with Crippen LogP contribution in [0.3, 0.4) is 0 Å². The summed E-state index contributed by atoms with van der Waals surface area (Å²) in [7, 11) is 0. The molecule has 2 heterocycles. The van der Waals surface area contributed by atoms with Crippen molar-refractivity contribution in [2.75, 3.05) is 36.5 Å². The fraction of sp³-hybridized carbons (Fsp3) is 0.200. The number of nitrogens with one attached hydrogen (secondary N) is 1. The summed E-state index contributed by atoms with van der Waals surface area (Å²) in [5.41, 5.74) is 2.83. The Labute approximate surface area is 157 Å². The first-order valence-electron chi connectivity index (χ1n) is 8.58. The molecule has 5 nitrogen and oxygen atoms in total. The van der Waals surface area contributed by atoms with Crippen LogP contribution >= 0.6 is 11.6 Å². The highest BCUT2D eigenvalue weighted by Gasteiger charge is 2.16. The lowest BCUT2D eigenvalue weighted by Crippen LogP contribution is -2.37. The Bertz CT molecular complexity index is 882. The predicted octanol–water partition coefficient (Wildman–Crippen LogP) is 4.38. The standard InChI is InChI=1S/C20H19ClN4O/c21-16-7-4-8-17(13-16)22-19-14-18(15-5-2-1-3-6-15)23-20(24-19)25-9-11-26-12-10-25/h1-8,13-14H,9-12H2,(H,22,23,24). The van der Waals surface area contributed by atoms with Crippen molar-refractivity contribution in [3.63, 3.8) is 0 Å². The summed E-state index contributed by atoms with van der Waals surface area (Å²) in [6.07, 6.45) is 0. The van der Waals surface area contributed by atoms with E-state index in [1.807, 2.05) is 48.5 Å². The van der Waals surface area contributed by atoms with Crippen molar-refractivity contribution in [1.29, 1.82) is 0 Å². The quantitative estimate of drug-likeness (QED) is 0.742. The molecule has 0 spiro atoms. The Morgan fingerprint density at radius 1 is 0.923 bits per heavy atom. The van der Waals surface area contributed by atoms with Gasteiger partial charge in [0.2, 0.25) is 5.95 Å². The molecule has 6 heteroatoms. The van der Waals surface area contributed by atoms with Gasteiger partial charge in [-0.05, 0) is 18.2 Å². The smallest absolute Gasteiger partial charge is 0.228 e. The maximum absolute atomic E-state index is 6.10. The normalized spacial score (nSPS) is 14.3. The van der Waals surface area contributed by atoms with Gasteiger partial charge in [0.25, 0.3) is 0 Å². The maximum atomic E-state index is 6.10. The lowest BCUT2D eigenvalue weighted by Gasteiger charge is -2.27. The van der Waals surface area contributed by atoms with Crippen LogP contribution < -0.4 is 10.2 Å². The van der Waals surface area contributed by atoms with Crippen molar-refractivity contribution in [3.05, 3.63) is 65.7 Å². The molecule has 0 unspecified atom stereocenters. The van der Waals surface area contributed by atoms with Gasteiger partial charge in [0.1, 0.15) is 5.82 Å². The number of ether oxygens (including phenoxy) is 1. The summed E-state index contributed by atoms with van der Waals surface area (Å²) in [5, 5.41) is 4.02. The zero-order valence-electron chi connectivity index (χ0n) is 14.2. The third kappa shape index (κ3) is 3.95. The highest BCUT2D eigenvalue weighted by atomic mass is 35.5. The molecular formula is C20H19ClN4O. The molecule has 132 valence electrons. The van der Waals surface area contributed by atoms with E-state index < -0.39 is 0 Å². The van der Waals surface area contributed by atoms with E-state index in [1.165, 1.54) is 0 Å². The largest absolute Gasteiger partial charge is 0.378 e. The van der Waals surface area contributed by atoms with E-state index in [0.29, 0.717) is 24.2 Å². The van der Waals surface area contributed by atoms with Crippen molar-refractivity contribution in [3.8, 4) is 11.3 Å². The van der Waals surface area contributed by atoms with E-state index in [0.717, 1.165) is 35.9 Å². The number of aromatic nitrogens is 2. The summed E-state index contributed by atoms with van der Waals surface area (Å²) < 4.78 is 5.45. The molecule has 0 bridgehead atoms. The number of halogens is 1. The molecule has 4 rings (SSSR count). The van der Waals surface area contributed by atoms with Gasteiger partial charge in [-0.3, -0.25) is 0 Å². The Morgan fingerprint density at radius 3 is 2.50 bits per heavy atom. The van der Waals surface area contributed by atoms with Gasteiger partial charge in [-0.15, -0.1) is 0 Å². The van der Waals surface area contributed by atoms with E-state index in [2.05, 4.69) is 22.3 Å². The third-order valence-electron chi connectivity index (χ3n) is 4.17. The monoisotopic (exact) mass is 366 g/mol. The molecule has 1 N–H and O–H groups in total. The van der Waals surface area contributed by atoms with Crippen molar-refractivity contribution in [2.24, 2.45) is 0 Å². The second-order valence-electron chi connectivity index (χ2n) is 6.04. The lowest BCUT2D eigenvalue weighted by atomic mass is 10.1. The molecule has 0 amide bonds. The van der Waals surface area contributed by atoms with Crippen LogP contribution in [0.25, 0.3) is 11.3 Å². The summed E-state index contributed by atoms with van der Waals surface area (Å²) in [6.45, 7) is 2.95. The molecule has 26 heavy (non-hydrogen) atoms. The Balaban J connectivity index is 1.72. The van der Waals surface area contributed by atoms with Gasteiger partial charge in [0.05, 0.1) is 18.9 Å². The Hall–Kier alpha value is -2.63. The minimum atomic E-state index is 0.681. The van der Waals surface area contributed by atoms with Gasteiger partial charge in [0.15, 0.2) is 0 Å². The van der Waals surface area contributed by atoms with Crippen molar-refractivity contribution in [2.45, 2.75) is 0 Å². The van der Waals surface area contributed by atoms with Crippen molar-refractivity contribution >= 4 is 29.1 Å². The van der Waals surface area contributed by atoms with Gasteiger partial charge in [0, 0.05) is 35.4 Å². The molecule has 0 radical (unpaired) electrons. The van der Waals surface area contributed by atoms with Crippen LogP contribution in [0.15, 0.2) is 60.7 Å². The number of nitrogens with zero attached hydrogens (tertiary/aromatic N) is 3. The van der Waals surface area contributed by atoms with Crippen LogP contribution in [0, 0.1) is 0 Å². The van der Waals surface area contributed by atoms with E-state index in [-0.39, 0.29) is 0 Å². The van der Waals surface area contributed by atoms with Crippen molar-refractivity contribution in [1.82, 2.24) is 9.97 Å². The highest BCUT2D eigenvalue weighted by molar-refractivity contribution is 6.30. The maximum Gasteiger partial charge on any atom is 0.228 e. The average Bonchev–Trinajstić information content (AvgIpc) is 2.69. The molecule has 1 aliphatic heterocycles. The first-order valence-corrected chi connectivity index (χ1v) is 8.95. The molecule has 1 aromatic heterocycles. The fourth-order valence-corrected chi connectivity index (χ4v) is 3.06. The molecule has 0 atom stereocenters. The average molecular weight is 367 g/mol. The number of rotatable bonds is 4. The van der Waals surface area contributed by atoms with Crippen LogP contribution in [0.4, 0.5) is 17.5 Å². The van der Waals surface area contributed by atoms with E-state index >= 15 is 0 Å². The van der Waals surface area contributed by atoms with Crippen molar-refractivity contribution < 1.29 is 4.74 Å². The van der Waals surface area contributed by atoms with Gasteiger partial charge >= 0.3 is 0 Å². The van der Waals surface area contributed by atoms with E-state index in [1.54, 1.807) is 0 Å². The minimum absolute atomic E-state index is 0.681. The summed E-state index contributed by atoms with van der Waals surface area (Å²) >= 11 is 6.10. The topological polar surface area (TPSA) is 50.3 Å². The van der Waals surface area contributed by atoms with Gasteiger partial charge in [-0.1, -0.05) is 48.0 Å². The third-order valence-corrected chi connectivity index (χ3v) is 4.41. The molecule has 2 aromatic carbocycles. The summed E-state index contributed by atoms with van der Waals surface area (Å²) in [5.74, 6) is 1.45. The van der Waals surface area contributed by atoms with Gasteiger partial charge in [-0.25, -0.2) is 4.98 Å².